The van der Waals surface area contributed by atoms with Gasteiger partial charge in [0.15, 0.2) is 6.29 Å². The lowest BCUT2D eigenvalue weighted by Crippen LogP contribution is -2.59. The molecule has 2 aliphatic rings. The molecule has 0 aromatic rings. The Balaban J connectivity index is 2.48. The van der Waals surface area contributed by atoms with Crippen molar-refractivity contribution >= 4 is 5.97 Å². The minimum atomic E-state index is -1.75. The average molecular weight is 577 g/mol. The van der Waals surface area contributed by atoms with E-state index in [0.29, 0.717) is 13.0 Å². The molecule has 11 heteroatoms. The molecule has 2 rings (SSSR count). The molecule has 0 bridgehead atoms. The summed E-state index contributed by atoms with van der Waals surface area (Å²) >= 11 is 0. The third-order valence-corrected chi connectivity index (χ3v) is 8.97. The first-order chi connectivity index (χ1) is 18.3. The summed E-state index contributed by atoms with van der Waals surface area (Å²) in [6, 6.07) is -0.783. The van der Waals surface area contributed by atoms with Gasteiger partial charge in [-0.3, -0.25) is 4.79 Å². The molecule has 0 saturated carbocycles. The molecule has 6 N–H and O–H groups in total. The zero-order chi connectivity index (χ0) is 30.7. The van der Waals surface area contributed by atoms with E-state index in [4.69, 9.17) is 14.2 Å². The number of nitrogens with one attached hydrogen (secondary N) is 1. The molecule has 40 heavy (non-hydrogen) atoms. The van der Waals surface area contributed by atoms with Crippen LogP contribution in [0, 0.1) is 17.8 Å². The summed E-state index contributed by atoms with van der Waals surface area (Å²) in [6.45, 7) is 14.0. The van der Waals surface area contributed by atoms with Gasteiger partial charge in [0.1, 0.15) is 23.9 Å². The number of hydrogen-bond donors (Lipinski definition) is 6. The summed E-state index contributed by atoms with van der Waals surface area (Å²) in [5, 5.41) is 59.8. The number of nitrogens with zero attached hydrogens (tertiary/aromatic N) is 1. The molecule has 0 spiro atoms. The number of aliphatic hydroxyl groups excluding tert-OH is 3. The Hall–Kier alpha value is -0.890. The lowest BCUT2D eigenvalue weighted by molar-refractivity contribution is -0.299. The lowest BCUT2D eigenvalue weighted by Gasteiger charge is -2.46. The minimum Gasteiger partial charge on any atom is -0.459 e. The van der Waals surface area contributed by atoms with Crippen molar-refractivity contribution in [2.75, 3.05) is 20.6 Å². The molecule has 1 unspecified atom stereocenters. The molecule has 0 aromatic carbocycles. The van der Waals surface area contributed by atoms with E-state index in [0.717, 1.165) is 0 Å². The molecule has 2 heterocycles. The fourth-order valence-corrected chi connectivity index (χ4v) is 6.36. The number of aliphatic hydroxyl groups is 5. The molecule has 236 valence electrons. The summed E-state index contributed by atoms with van der Waals surface area (Å²) < 4.78 is 18.0. The number of carbonyl (C=O) groups is 1. The average Bonchev–Trinajstić information content (AvgIpc) is 2.87. The molecule has 14 atom stereocenters. The van der Waals surface area contributed by atoms with Gasteiger partial charge in [-0.05, 0) is 80.4 Å². The van der Waals surface area contributed by atoms with Crippen LogP contribution in [0.5, 0.6) is 0 Å². The fourth-order valence-electron chi connectivity index (χ4n) is 6.36. The van der Waals surface area contributed by atoms with E-state index >= 15 is 0 Å². The molecule has 0 amide bonds. The summed E-state index contributed by atoms with van der Waals surface area (Å²) in [5.74, 6) is -2.67. The van der Waals surface area contributed by atoms with Crippen molar-refractivity contribution in [3.8, 4) is 0 Å². The van der Waals surface area contributed by atoms with E-state index in [-0.39, 0.29) is 30.9 Å². The summed E-state index contributed by atoms with van der Waals surface area (Å²) in [7, 11) is 3.74. The van der Waals surface area contributed by atoms with E-state index < -0.39 is 71.9 Å². The van der Waals surface area contributed by atoms with Crippen LogP contribution in [0.3, 0.4) is 0 Å². The van der Waals surface area contributed by atoms with Gasteiger partial charge < -0.3 is 50.0 Å². The van der Waals surface area contributed by atoms with Gasteiger partial charge >= 0.3 is 5.97 Å². The molecule has 0 aromatic heterocycles. The molecule has 0 aliphatic carbocycles. The third kappa shape index (κ3) is 8.14. The highest BCUT2D eigenvalue weighted by molar-refractivity contribution is 5.73. The van der Waals surface area contributed by atoms with Crippen LogP contribution in [0.2, 0.25) is 0 Å². The summed E-state index contributed by atoms with van der Waals surface area (Å²) in [5.41, 5.74) is -3.25. The van der Waals surface area contributed by atoms with Gasteiger partial charge in [-0.15, -0.1) is 0 Å². The molecule has 2 saturated heterocycles. The predicted molar refractivity (Wildman–Crippen MR) is 150 cm³/mol. The normalized spacial score (nSPS) is 48.8. The first-order valence-corrected chi connectivity index (χ1v) is 14.7. The number of esters is 1. The van der Waals surface area contributed by atoms with Crippen LogP contribution in [0.4, 0.5) is 0 Å². The first kappa shape index (κ1) is 35.3. The Labute approximate surface area is 240 Å². The largest absolute Gasteiger partial charge is 0.459 e. The van der Waals surface area contributed by atoms with E-state index in [1.165, 1.54) is 13.8 Å². The monoisotopic (exact) mass is 576 g/mol. The molecular formula is C29H56N2O9. The zero-order valence-corrected chi connectivity index (χ0v) is 26.1. The summed E-state index contributed by atoms with van der Waals surface area (Å²) in [6.07, 6.45) is -5.77. The zero-order valence-electron chi connectivity index (χ0n) is 26.1. The van der Waals surface area contributed by atoms with Crippen LogP contribution < -0.4 is 5.32 Å². The van der Waals surface area contributed by atoms with Crippen molar-refractivity contribution in [2.24, 2.45) is 17.8 Å². The summed E-state index contributed by atoms with van der Waals surface area (Å²) in [4.78, 5) is 15.1. The highest BCUT2D eigenvalue weighted by atomic mass is 16.7. The first-order valence-electron chi connectivity index (χ1n) is 14.7. The minimum absolute atomic E-state index is 0.113. The molecule has 2 fully saturated rings. The van der Waals surface area contributed by atoms with Crippen LogP contribution in [0.1, 0.15) is 74.7 Å². The van der Waals surface area contributed by atoms with Gasteiger partial charge in [0, 0.05) is 18.0 Å². The Morgan fingerprint density at radius 2 is 1.65 bits per heavy atom. The van der Waals surface area contributed by atoms with E-state index in [9.17, 15) is 30.3 Å². The Kier molecular flexibility index (Phi) is 12.4. The number of hydrogen-bond acceptors (Lipinski definition) is 11. The predicted octanol–water partition coefficient (Wildman–Crippen LogP) is 0.633. The molecular weight excluding hydrogens is 520 g/mol. The van der Waals surface area contributed by atoms with Gasteiger partial charge in [0.05, 0.1) is 29.8 Å². The second-order valence-corrected chi connectivity index (χ2v) is 13.1. The van der Waals surface area contributed by atoms with Gasteiger partial charge in [0.2, 0.25) is 0 Å². The van der Waals surface area contributed by atoms with Crippen molar-refractivity contribution in [1.82, 2.24) is 10.2 Å². The van der Waals surface area contributed by atoms with Gasteiger partial charge in [0.25, 0.3) is 0 Å². The van der Waals surface area contributed by atoms with Crippen LogP contribution in [0.25, 0.3) is 0 Å². The van der Waals surface area contributed by atoms with Gasteiger partial charge in [-0.25, -0.2) is 0 Å². The SMILES string of the molecule is CC[C@H]1OC(=O)[C@H](C)[C@@H](O)[C@H](C)[C@@H](OC2O[C@H](C)C[C@H](N(C)C)[C@H]2O)[C@@](C)(O)C[C@@H](C)CN[C@H](C)[C@@H](O)[C@]1(C)O. The Bertz CT molecular complexity index is 810. The number of ether oxygens (including phenoxy) is 3. The topological polar surface area (TPSA) is 161 Å². The number of likely N-dealkylation sites (N-methyl/N-ethyl adjacent to an activating group) is 1. The fraction of sp³-hybridized carbons (Fsp3) is 0.966. The smallest absolute Gasteiger partial charge is 0.311 e. The Morgan fingerprint density at radius 1 is 1.05 bits per heavy atom. The molecule has 0 radical (unpaired) electrons. The van der Waals surface area contributed by atoms with Gasteiger partial charge in [-0.2, -0.15) is 0 Å². The van der Waals surface area contributed by atoms with Crippen molar-refractivity contribution in [3.05, 3.63) is 0 Å². The van der Waals surface area contributed by atoms with Crippen LogP contribution in [0.15, 0.2) is 0 Å². The van der Waals surface area contributed by atoms with Crippen LogP contribution >= 0.6 is 0 Å². The second-order valence-electron chi connectivity index (χ2n) is 13.1. The van der Waals surface area contributed by atoms with Gasteiger partial charge in [-0.1, -0.05) is 20.8 Å². The quantitative estimate of drug-likeness (QED) is 0.261. The van der Waals surface area contributed by atoms with Crippen molar-refractivity contribution in [2.45, 2.75) is 141 Å². The third-order valence-electron chi connectivity index (χ3n) is 8.97. The van der Waals surface area contributed by atoms with E-state index in [1.54, 1.807) is 27.7 Å². The highest BCUT2D eigenvalue weighted by Crippen LogP contribution is 2.36. The Morgan fingerprint density at radius 3 is 2.20 bits per heavy atom. The maximum absolute atomic E-state index is 13.2. The van der Waals surface area contributed by atoms with Crippen molar-refractivity contribution < 1.29 is 44.5 Å². The van der Waals surface area contributed by atoms with Crippen LogP contribution in [-0.2, 0) is 19.0 Å². The lowest BCUT2D eigenvalue weighted by atomic mass is 9.78. The van der Waals surface area contributed by atoms with E-state index in [2.05, 4.69) is 5.32 Å². The second kappa shape index (κ2) is 14.1. The molecule has 11 nitrogen and oxygen atoms in total. The number of cyclic esters (lactones) is 1. The highest BCUT2D eigenvalue weighted by Gasteiger charge is 2.49. The van der Waals surface area contributed by atoms with Crippen molar-refractivity contribution in [3.63, 3.8) is 0 Å². The maximum Gasteiger partial charge on any atom is 0.311 e. The van der Waals surface area contributed by atoms with E-state index in [1.807, 2.05) is 32.8 Å². The van der Waals surface area contributed by atoms with Crippen molar-refractivity contribution in [1.29, 1.82) is 0 Å². The standard InChI is InChI=1S/C29H56N2O9/c1-11-21-29(8,37)24(34)19(6)30-14-15(2)13-28(7,36)25(17(4)22(32)18(5)26(35)39-21)40-27-23(33)20(31(9)10)12-16(3)38-27/h15-25,27,30,32-34,36-37H,11-14H2,1-10H3/t15-,16-,17+,18-,19-,20+,21-,22+,23-,24-,25-,27?,28+,29-/m1/s1. The molecule has 2 aliphatic heterocycles. The van der Waals surface area contributed by atoms with Crippen LogP contribution in [-0.4, -0.2) is 123 Å². The number of rotatable bonds is 4. The maximum atomic E-state index is 13.2. The number of carbonyl (C=O) groups excluding carboxylic acids is 1.